The highest BCUT2D eigenvalue weighted by Crippen LogP contribution is 2.30. The number of likely N-dealkylation sites (N-methyl/N-ethyl adjacent to an activating group) is 1. The van der Waals surface area contributed by atoms with Crippen LogP contribution >= 0.6 is 0 Å². The Balaban J connectivity index is 1.79. The highest BCUT2D eigenvalue weighted by molar-refractivity contribution is 6.09. The maximum atomic E-state index is 12.9. The lowest BCUT2D eigenvalue weighted by Crippen LogP contribution is -2.41. The quantitative estimate of drug-likeness (QED) is 0.602. The predicted octanol–water partition coefficient (Wildman–Crippen LogP) is 0.896. The lowest BCUT2D eigenvalue weighted by atomic mass is 9.90. The summed E-state index contributed by atoms with van der Waals surface area (Å²) in [6.45, 7) is 0.555. The zero-order chi connectivity index (χ0) is 19.6. The largest absolute Gasteiger partial charge is 0.454 e. The van der Waals surface area contributed by atoms with Crippen molar-refractivity contribution in [3.05, 3.63) is 48.0 Å². The van der Waals surface area contributed by atoms with Gasteiger partial charge in [-0.25, -0.2) is 4.79 Å². The van der Waals surface area contributed by atoms with E-state index >= 15 is 0 Å². The van der Waals surface area contributed by atoms with Crippen LogP contribution in [0.3, 0.4) is 0 Å². The third-order valence-electron chi connectivity index (χ3n) is 4.53. The molecule has 1 heterocycles. The summed E-state index contributed by atoms with van der Waals surface area (Å²) in [5, 5.41) is 6.89. The zero-order valence-corrected chi connectivity index (χ0v) is 14.9. The third-order valence-corrected chi connectivity index (χ3v) is 4.53. The zero-order valence-electron chi connectivity index (χ0n) is 14.9. The Labute approximate surface area is 155 Å². The van der Waals surface area contributed by atoms with Gasteiger partial charge in [-0.2, -0.15) is 0 Å². The van der Waals surface area contributed by atoms with Crippen LogP contribution in [0, 0.1) is 0 Å². The molecule has 0 saturated carbocycles. The average Bonchev–Trinajstić information content (AvgIpc) is 2.89. The molecule has 0 radical (unpaired) electrons. The first-order chi connectivity index (χ1) is 12.8. The highest BCUT2D eigenvalue weighted by atomic mass is 16.5. The maximum Gasteiger partial charge on any atom is 0.326 e. The Morgan fingerprint density at radius 1 is 1.15 bits per heavy atom. The lowest BCUT2D eigenvalue weighted by Gasteiger charge is -2.22. The maximum absolute atomic E-state index is 12.9. The summed E-state index contributed by atoms with van der Waals surface area (Å²) in [7, 11) is 1.41. The summed E-state index contributed by atoms with van der Waals surface area (Å²) in [5.41, 5.74) is -0.678. The topological polar surface area (TPSA) is 105 Å². The van der Waals surface area contributed by atoms with Gasteiger partial charge < -0.3 is 15.4 Å². The fourth-order valence-electron chi connectivity index (χ4n) is 2.93. The highest BCUT2D eigenvalue weighted by Gasteiger charge is 2.49. The fourth-order valence-corrected chi connectivity index (χ4v) is 2.93. The van der Waals surface area contributed by atoms with Gasteiger partial charge in [-0.1, -0.05) is 36.4 Å². The van der Waals surface area contributed by atoms with Crippen LogP contribution in [0.1, 0.15) is 12.5 Å². The number of nitrogens with one attached hydrogen (secondary N) is 2. The molecule has 1 saturated heterocycles. The van der Waals surface area contributed by atoms with Gasteiger partial charge in [0.1, 0.15) is 12.1 Å². The number of benzene rings is 2. The van der Waals surface area contributed by atoms with Gasteiger partial charge in [-0.3, -0.25) is 19.3 Å². The number of esters is 1. The molecule has 4 amide bonds. The minimum Gasteiger partial charge on any atom is -0.454 e. The van der Waals surface area contributed by atoms with Crippen molar-refractivity contribution in [1.29, 1.82) is 0 Å². The molecule has 27 heavy (non-hydrogen) atoms. The normalized spacial score (nSPS) is 19.1. The first-order valence-electron chi connectivity index (χ1n) is 8.35. The van der Waals surface area contributed by atoms with Crippen LogP contribution in [0.15, 0.2) is 42.5 Å². The van der Waals surface area contributed by atoms with Crippen LogP contribution in [0.2, 0.25) is 0 Å². The Kier molecular flexibility index (Phi) is 4.81. The van der Waals surface area contributed by atoms with Gasteiger partial charge in [0.15, 0.2) is 6.61 Å². The van der Waals surface area contributed by atoms with Crippen LogP contribution < -0.4 is 10.6 Å². The number of imide groups is 1. The number of nitrogens with zero attached hydrogens (tertiary/aromatic N) is 1. The average molecular weight is 369 g/mol. The number of carbonyl (C=O) groups is 4. The van der Waals surface area contributed by atoms with E-state index < -0.39 is 42.5 Å². The Hall–Kier alpha value is -3.42. The minimum atomic E-state index is -1.29. The van der Waals surface area contributed by atoms with Gasteiger partial charge in [0.05, 0.1) is 0 Å². The molecule has 2 aromatic carbocycles. The van der Waals surface area contributed by atoms with Crippen LogP contribution in [0.5, 0.6) is 0 Å². The van der Waals surface area contributed by atoms with E-state index in [9.17, 15) is 19.2 Å². The molecule has 3 rings (SSSR count). The molecular formula is C19H19N3O5. The lowest BCUT2D eigenvalue weighted by molar-refractivity contribution is -0.151. The van der Waals surface area contributed by atoms with Crippen LogP contribution in [0.4, 0.5) is 4.79 Å². The second kappa shape index (κ2) is 7.06. The number of ether oxygens (including phenoxy) is 1. The molecule has 1 fully saturated rings. The van der Waals surface area contributed by atoms with Gasteiger partial charge in [0.2, 0.25) is 0 Å². The van der Waals surface area contributed by atoms with E-state index in [1.807, 2.05) is 36.4 Å². The monoisotopic (exact) mass is 369 g/mol. The van der Waals surface area contributed by atoms with E-state index in [1.54, 1.807) is 13.0 Å². The molecular weight excluding hydrogens is 350 g/mol. The number of hydrogen-bond donors (Lipinski definition) is 2. The molecule has 140 valence electrons. The van der Waals surface area contributed by atoms with Gasteiger partial charge in [0, 0.05) is 7.05 Å². The van der Waals surface area contributed by atoms with E-state index in [4.69, 9.17) is 4.74 Å². The van der Waals surface area contributed by atoms with Crippen molar-refractivity contribution in [2.45, 2.75) is 12.5 Å². The summed E-state index contributed by atoms with van der Waals surface area (Å²) < 4.78 is 4.76. The summed E-state index contributed by atoms with van der Waals surface area (Å²) in [6, 6.07) is 12.5. The van der Waals surface area contributed by atoms with Crippen molar-refractivity contribution in [3.8, 4) is 0 Å². The van der Waals surface area contributed by atoms with E-state index in [0.717, 1.165) is 15.7 Å². The number of carbonyl (C=O) groups excluding carboxylic acids is 4. The van der Waals surface area contributed by atoms with Gasteiger partial charge in [-0.05, 0) is 29.3 Å². The molecule has 8 heteroatoms. The molecule has 1 atom stereocenters. The number of urea groups is 1. The molecule has 2 aromatic rings. The van der Waals surface area contributed by atoms with Crippen molar-refractivity contribution < 1.29 is 23.9 Å². The number of hydrogen-bond acceptors (Lipinski definition) is 5. The Morgan fingerprint density at radius 2 is 1.85 bits per heavy atom. The van der Waals surface area contributed by atoms with Crippen molar-refractivity contribution in [2.24, 2.45) is 0 Å². The first kappa shape index (κ1) is 18.4. The summed E-state index contributed by atoms with van der Waals surface area (Å²) in [6.07, 6.45) is 0. The molecule has 0 spiro atoms. The van der Waals surface area contributed by atoms with E-state index in [-0.39, 0.29) is 0 Å². The van der Waals surface area contributed by atoms with Crippen molar-refractivity contribution in [2.75, 3.05) is 20.2 Å². The van der Waals surface area contributed by atoms with E-state index in [1.165, 1.54) is 7.05 Å². The van der Waals surface area contributed by atoms with Crippen molar-refractivity contribution in [3.63, 3.8) is 0 Å². The molecule has 0 unspecified atom stereocenters. The van der Waals surface area contributed by atoms with Crippen LogP contribution in [-0.4, -0.2) is 48.9 Å². The SMILES string of the molecule is CNC(=O)COC(=O)CN1C(=O)N[C@@](C)(c2ccc3ccccc3c2)C1=O. The fraction of sp³-hybridized carbons (Fsp3) is 0.263. The number of fused-ring (bicyclic) bond motifs is 1. The number of rotatable bonds is 5. The van der Waals surface area contributed by atoms with Crippen LogP contribution in [0.25, 0.3) is 10.8 Å². The van der Waals surface area contributed by atoms with E-state index in [0.29, 0.717) is 5.56 Å². The van der Waals surface area contributed by atoms with Gasteiger partial charge in [0.25, 0.3) is 11.8 Å². The van der Waals surface area contributed by atoms with Crippen molar-refractivity contribution >= 4 is 34.6 Å². The standard InChI is InChI=1S/C19H19N3O5/c1-19(14-8-7-12-5-3-4-6-13(12)9-14)17(25)22(18(26)21-19)10-16(24)27-11-15(23)20-2/h3-9H,10-11H2,1-2H3,(H,20,23)(H,21,26)/t19-/m0/s1. The van der Waals surface area contributed by atoms with Crippen LogP contribution in [-0.2, 0) is 24.7 Å². The molecule has 1 aliphatic rings. The summed E-state index contributed by atoms with van der Waals surface area (Å²) in [4.78, 5) is 48.9. The molecule has 1 aliphatic heterocycles. The second-order valence-corrected chi connectivity index (χ2v) is 6.34. The Morgan fingerprint density at radius 3 is 2.56 bits per heavy atom. The van der Waals surface area contributed by atoms with Gasteiger partial charge in [-0.15, -0.1) is 0 Å². The molecule has 0 aliphatic carbocycles. The third kappa shape index (κ3) is 3.46. The van der Waals surface area contributed by atoms with Crippen molar-refractivity contribution in [1.82, 2.24) is 15.5 Å². The minimum absolute atomic E-state index is 0.471. The molecule has 2 N–H and O–H groups in total. The summed E-state index contributed by atoms with van der Waals surface area (Å²) >= 11 is 0. The molecule has 8 nitrogen and oxygen atoms in total. The predicted molar refractivity (Wildman–Crippen MR) is 96.6 cm³/mol. The Bertz CT molecular complexity index is 942. The smallest absolute Gasteiger partial charge is 0.326 e. The number of amides is 4. The molecule has 0 bridgehead atoms. The van der Waals surface area contributed by atoms with E-state index in [2.05, 4.69) is 10.6 Å². The first-order valence-corrected chi connectivity index (χ1v) is 8.35. The second-order valence-electron chi connectivity index (χ2n) is 6.34. The van der Waals surface area contributed by atoms with Gasteiger partial charge >= 0.3 is 12.0 Å². The molecule has 0 aromatic heterocycles. The summed E-state index contributed by atoms with van der Waals surface area (Å²) in [5.74, 6) is -1.88.